The topological polar surface area (TPSA) is 89.2 Å². The van der Waals surface area contributed by atoms with Crippen LogP contribution in [-0.2, 0) is 20.5 Å². The lowest BCUT2D eigenvalue weighted by Gasteiger charge is -2.14. The van der Waals surface area contributed by atoms with E-state index in [0.29, 0.717) is 29.7 Å². The third-order valence-electron chi connectivity index (χ3n) is 3.34. The monoisotopic (exact) mass is 278 g/mol. The molecule has 0 bridgehead atoms. The summed E-state index contributed by atoms with van der Waals surface area (Å²) in [7, 11) is 3.02. The smallest absolute Gasteiger partial charge is 0.332 e. The lowest BCUT2D eigenvalue weighted by atomic mass is 10.1. The Balaban J connectivity index is 2.92. The minimum Gasteiger partial charge on any atom is -0.395 e. The molecule has 0 unspecified atom stereocenters. The number of aliphatic hydroxyl groups is 1. The fourth-order valence-corrected chi connectivity index (χ4v) is 2.22. The number of fused-ring (bicyclic) bond motifs is 1. The summed E-state index contributed by atoms with van der Waals surface area (Å²) in [6.45, 7) is 2.25. The number of hydrogen-bond acceptors (Lipinski definition) is 5. The first-order valence-corrected chi connectivity index (χ1v) is 6.45. The number of rotatable bonds is 4. The zero-order valence-corrected chi connectivity index (χ0v) is 11.8. The van der Waals surface area contributed by atoms with Crippen LogP contribution in [0.1, 0.15) is 12.5 Å². The Labute approximate surface area is 115 Å². The van der Waals surface area contributed by atoms with Gasteiger partial charge in [-0.2, -0.15) is 0 Å². The number of aliphatic hydroxyl groups excluding tert-OH is 1. The zero-order chi connectivity index (χ0) is 14.9. The highest BCUT2D eigenvalue weighted by Gasteiger charge is 2.16. The van der Waals surface area contributed by atoms with E-state index in [1.807, 2.05) is 6.92 Å². The van der Waals surface area contributed by atoms with Crippen molar-refractivity contribution in [2.45, 2.75) is 13.3 Å². The number of nitrogens with one attached hydrogen (secondary N) is 1. The van der Waals surface area contributed by atoms with Gasteiger partial charge in [0.05, 0.1) is 12.3 Å². The van der Waals surface area contributed by atoms with E-state index in [1.165, 1.54) is 11.6 Å². The van der Waals surface area contributed by atoms with Crippen LogP contribution in [0.5, 0.6) is 0 Å². The van der Waals surface area contributed by atoms with Crippen molar-refractivity contribution in [3.05, 3.63) is 32.6 Å². The SMILES string of the molecule is CCc1cnc2c(c1NCCO)c(=O)n(C)c(=O)n2C. The van der Waals surface area contributed by atoms with Crippen LogP contribution in [-0.4, -0.2) is 32.4 Å². The molecule has 0 saturated carbocycles. The number of anilines is 1. The van der Waals surface area contributed by atoms with Crippen LogP contribution in [0.2, 0.25) is 0 Å². The number of pyridine rings is 1. The molecule has 7 heteroatoms. The quantitative estimate of drug-likeness (QED) is 0.794. The fraction of sp³-hybridized carbons (Fsp3) is 0.462. The molecular weight excluding hydrogens is 260 g/mol. The lowest BCUT2D eigenvalue weighted by molar-refractivity contribution is 0.311. The zero-order valence-electron chi connectivity index (χ0n) is 11.8. The number of aryl methyl sites for hydroxylation is 2. The first kappa shape index (κ1) is 14.3. The average molecular weight is 278 g/mol. The van der Waals surface area contributed by atoms with Crippen molar-refractivity contribution >= 4 is 16.7 Å². The van der Waals surface area contributed by atoms with Crippen molar-refractivity contribution in [2.75, 3.05) is 18.5 Å². The van der Waals surface area contributed by atoms with Crippen LogP contribution < -0.4 is 16.6 Å². The molecule has 0 aliphatic heterocycles. The summed E-state index contributed by atoms with van der Waals surface area (Å²) in [5.74, 6) is 0. The minimum absolute atomic E-state index is 0.0426. The predicted molar refractivity (Wildman–Crippen MR) is 77.2 cm³/mol. The van der Waals surface area contributed by atoms with Gasteiger partial charge in [-0.25, -0.2) is 9.78 Å². The van der Waals surface area contributed by atoms with E-state index in [4.69, 9.17) is 5.11 Å². The molecule has 2 rings (SSSR count). The summed E-state index contributed by atoms with van der Waals surface area (Å²) in [6.07, 6.45) is 2.35. The Hall–Kier alpha value is -2.15. The van der Waals surface area contributed by atoms with Crippen molar-refractivity contribution in [1.29, 1.82) is 0 Å². The highest BCUT2D eigenvalue weighted by Crippen LogP contribution is 2.22. The van der Waals surface area contributed by atoms with E-state index in [9.17, 15) is 9.59 Å². The summed E-state index contributed by atoms with van der Waals surface area (Å²) in [4.78, 5) is 28.5. The summed E-state index contributed by atoms with van der Waals surface area (Å²) < 4.78 is 2.41. The Bertz CT molecular complexity index is 761. The Morgan fingerprint density at radius 1 is 1.30 bits per heavy atom. The third-order valence-corrected chi connectivity index (χ3v) is 3.34. The molecule has 0 aliphatic carbocycles. The molecular formula is C13H18N4O3. The molecule has 0 spiro atoms. The molecule has 20 heavy (non-hydrogen) atoms. The second-order valence-corrected chi connectivity index (χ2v) is 4.57. The number of hydrogen-bond donors (Lipinski definition) is 2. The molecule has 0 radical (unpaired) electrons. The number of aromatic nitrogens is 3. The van der Waals surface area contributed by atoms with Gasteiger partial charge in [-0.3, -0.25) is 13.9 Å². The second-order valence-electron chi connectivity index (χ2n) is 4.57. The highest BCUT2D eigenvalue weighted by atomic mass is 16.3. The van der Waals surface area contributed by atoms with Gasteiger partial charge in [-0.15, -0.1) is 0 Å². The van der Waals surface area contributed by atoms with Gasteiger partial charge in [-0.05, 0) is 12.0 Å². The molecule has 2 N–H and O–H groups in total. The number of nitrogens with zero attached hydrogens (tertiary/aromatic N) is 3. The van der Waals surface area contributed by atoms with Crippen LogP contribution >= 0.6 is 0 Å². The average Bonchev–Trinajstić information content (AvgIpc) is 2.47. The van der Waals surface area contributed by atoms with E-state index < -0.39 is 5.69 Å². The third kappa shape index (κ3) is 2.09. The molecule has 0 aromatic carbocycles. The molecule has 7 nitrogen and oxygen atoms in total. The van der Waals surface area contributed by atoms with E-state index in [2.05, 4.69) is 10.3 Å². The van der Waals surface area contributed by atoms with Crippen molar-refractivity contribution < 1.29 is 5.11 Å². The van der Waals surface area contributed by atoms with E-state index >= 15 is 0 Å². The molecule has 0 atom stereocenters. The first-order valence-electron chi connectivity index (χ1n) is 6.45. The van der Waals surface area contributed by atoms with Gasteiger partial charge < -0.3 is 10.4 Å². The molecule has 0 amide bonds. The summed E-state index contributed by atoms with van der Waals surface area (Å²) >= 11 is 0. The van der Waals surface area contributed by atoms with Gasteiger partial charge >= 0.3 is 5.69 Å². The van der Waals surface area contributed by atoms with Crippen molar-refractivity contribution in [3.8, 4) is 0 Å². The van der Waals surface area contributed by atoms with E-state index in [-0.39, 0.29) is 12.2 Å². The maximum absolute atomic E-state index is 12.4. The van der Waals surface area contributed by atoms with Crippen LogP contribution in [0.4, 0.5) is 5.69 Å². The molecule has 2 heterocycles. The predicted octanol–water partition coefficient (Wildman–Crippen LogP) is -0.401. The largest absolute Gasteiger partial charge is 0.395 e. The minimum atomic E-state index is -0.410. The summed E-state index contributed by atoms with van der Waals surface area (Å²) in [5.41, 5.74) is 1.07. The van der Waals surface area contributed by atoms with Crippen LogP contribution in [0, 0.1) is 0 Å². The van der Waals surface area contributed by atoms with Crippen molar-refractivity contribution in [1.82, 2.24) is 14.1 Å². The highest BCUT2D eigenvalue weighted by molar-refractivity contribution is 5.90. The summed E-state index contributed by atoms with van der Waals surface area (Å²) in [6, 6.07) is 0. The molecule has 2 aromatic heterocycles. The van der Waals surface area contributed by atoms with Crippen molar-refractivity contribution in [2.24, 2.45) is 14.1 Å². The van der Waals surface area contributed by atoms with Crippen LogP contribution in [0.15, 0.2) is 15.8 Å². The van der Waals surface area contributed by atoms with Gasteiger partial charge in [0.1, 0.15) is 5.39 Å². The Kier molecular flexibility index (Phi) is 3.89. The van der Waals surface area contributed by atoms with Crippen molar-refractivity contribution in [3.63, 3.8) is 0 Å². The second kappa shape index (κ2) is 5.46. The Morgan fingerprint density at radius 2 is 2.00 bits per heavy atom. The first-order chi connectivity index (χ1) is 9.52. The maximum Gasteiger partial charge on any atom is 0.332 e. The van der Waals surface area contributed by atoms with Gasteiger partial charge in [0.2, 0.25) is 0 Å². The molecule has 0 saturated heterocycles. The van der Waals surface area contributed by atoms with Gasteiger partial charge in [0, 0.05) is 26.8 Å². The fourth-order valence-electron chi connectivity index (χ4n) is 2.22. The molecule has 0 aliphatic rings. The van der Waals surface area contributed by atoms with Crippen LogP contribution in [0.25, 0.3) is 11.0 Å². The molecule has 2 aromatic rings. The Morgan fingerprint density at radius 3 is 2.60 bits per heavy atom. The summed E-state index contributed by atoms with van der Waals surface area (Å²) in [5, 5.41) is 12.4. The normalized spacial score (nSPS) is 11.0. The lowest BCUT2D eigenvalue weighted by Crippen LogP contribution is -2.37. The standard InChI is InChI=1S/C13H18N4O3/c1-4-8-7-15-11-9(10(8)14-5-6-18)12(19)17(3)13(20)16(11)2/h7,18H,4-6H2,1-3H3,(H,14,15). The maximum atomic E-state index is 12.4. The van der Waals surface area contributed by atoms with E-state index in [1.54, 1.807) is 13.2 Å². The van der Waals surface area contributed by atoms with E-state index in [0.717, 1.165) is 10.1 Å². The molecule has 0 fully saturated rings. The molecule has 108 valence electrons. The van der Waals surface area contributed by atoms with Gasteiger partial charge in [0.15, 0.2) is 5.65 Å². The van der Waals surface area contributed by atoms with Crippen LogP contribution in [0.3, 0.4) is 0 Å². The van der Waals surface area contributed by atoms with Gasteiger partial charge in [-0.1, -0.05) is 6.92 Å². The van der Waals surface area contributed by atoms with Gasteiger partial charge in [0.25, 0.3) is 5.56 Å².